The van der Waals surface area contributed by atoms with Gasteiger partial charge in [-0.05, 0) is 53.8 Å². The zero-order valence-electron chi connectivity index (χ0n) is 21.6. The van der Waals surface area contributed by atoms with Crippen LogP contribution in [0, 0.1) is 6.92 Å². The Morgan fingerprint density at radius 1 is 0.921 bits per heavy atom. The summed E-state index contributed by atoms with van der Waals surface area (Å²) in [6.45, 7) is 4.02. The molecule has 2 heterocycles. The third kappa shape index (κ3) is 4.73. The number of aryl methyl sites for hydroxylation is 2. The summed E-state index contributed by atoms with van der Waals surface area (Å²) in [5.74, 6) is 0.0468. The number of hydrogen-bond acceptors (Lipinski definition) is 5. The van der Waals surface area contributed by atoms with Gasteiger partial charge < -0.3 is 4.74 Å². The van der Waals surface area contributed by atoms with Crippen LogP contribution in [0.3, 0.4) is 0 Å². The summed E-state index contributed by atoms with van der Waals surface area (Å²) >= 11 is 1.45. The quantitative estimate of drug-likeness (QED) is 0.244. The van der Waals surface area contributed by atoms with Gasteiger partial charge in [-0.1, -0.05) is 67.6 Å². The van der Waals surface area contributed by atoms with Gasteiger partial charge in [-0.15, -0.1) is 11.3 Å². The standard InChI is InChI=1S/C31H28N2O4S/c1-4-23-17-26-29(35)32(19-27(34)25-11-7-8-12-28(25)37-3)31(36)33(30(26)38-23)18-21-13-15-22(16-14-21)24-10-6-5-9-20(24)2/h5-17H,4,18-19H2,1-3H3. The molecule has 0 radical (unpaired) electrons. The fraction of sp³-hybridized carbons (Fsp3) is 0.194. The lowest BCUT2D eigenvalue weighted by Gasteiger charge is -2.13. The van der Waals surface area contributed by atoms with Gasteiger partial charge in [0.1, 0.15) is 10.6 Å². The molecule has 0 aliphatic heterocycles. The lowest BCUT2D eigenvalue weighted by atomic mass is 10.00. The molecule has 0 saturated heterocycles. The molecule has 38 heavy (non-hydrogen) atoms. The van der Waals surface area contributed by atoms with Crippen molar-refractivity contribution in [3.05, 3.63) is 121 Å². The number of aromatic nitrogens is 2. The van der Waals surface area contributed by atoms with Crippen molar-refractivity contribution in [1.82, 2.24) is 9.13 Å². The van der Waals surface area contributed by atoms with E-state index in [4.69, 9.17) is 4.74 Å². The van der Waals surface area contributed by atoms with Gasteiger partial charge in [-0.25, -0.2) is 4.79 Å². The van der Waals surface area contributed by atoms with Crippen LogP contribution >= 0.6 is 11.3 Å². The smallest absolute Gasteiger partial charge is 0.332 e. The largest absolute Gasteiger partial charge is 0.496 e. The molecule has 0 aliphatic carbocycles. The summed E-state index contributed by atoms with van der Waals surface area (Å²) in [5.41, 5.74) is 3.76. The van der Waals surface area contributed by atoms with E-state index in [9.17, 15) is 14.4 Å². The molecule has 2 aromatic heterocycles. The number of ketones is 1. The second-order valence-corrected chi connectivity index (χ2v) is 10.3. The van der Waals surface area contributed by atoms with Gasteiger partial charge in [0.05, 0.1) is 31.1 Å². The zero-order chi connectivity index (χ0) is 26.8. The van der Waals surface area contributed by atoms with E-state index in [-0.39, 0.29) is 18.9 Å². The second kappa shape index (κ2) is 10.6. The Labute approximate surface area is 224 Å². The highest BCUT2D eigenvalue weighted by atomic mass is 32.1. The Morgan fingerprint density at radius 2 is 1.63 bits per heavy atom. The minimum atomic E-state index is -0.502. The molecule has 0 unspecified atom stereocenters. The molecule has 0 saturated carbocycles. The molecule has 0 spiro atoms. The fourth-order valence-electron chi connectivity index (χ4n) is 4.68. The number of benzene rings is 3. The van der Waals surface area contributed by atoms with E-state index in [2.05, 4.69) is 19.1 Å². The number of methoxy groups -OCH3 is 1. The van der Waals surface area contributed by atoms with Gasteiger partial charge in [-0.2, -0.15) is 0 Å². The Kier molecular flexibility index (Phi) is 7.11. The van der Waals surface area contributed by atoms with E-state index in [0.717, 1.165) is 32.6 Å². The lowest BCUT2D eigenvalue weighted by Crippen LogP contribution is -2.41. The van der Waals surface area contributed by atoms with Crippen molar-refractivity contribution < 1.29 is 9.53 Å². The van der Waals surface area contributed by atoms with Gasteiger partial charge in [0.2, 0.25) is 0 Å². The monoisotopic (exact) mass is 524 g/mol. The average Bonchev–Trinajstić information content (AvgIpc) is 3.39. The number of fused-ring (bicyclic) bond motifs is 1. The van der Waals surface area contributed by atoms with Crippen molar-refractivity contribution in [2.45, 2.75) is 33.4 Å². The maximum absolute atomic E-state index is 13.7. The summed E-state index contributed by atoms with van der Waals surface area (Å²) in [4.78, 5) is 41.9. The predicted octanol–water partition coefficient (Wildman–Crippen LogP) is 5.70. The van der Waals surface area contributed by atoms with Crippen molar-refractivity contribution >= 4 is 27.3 Å². The maximum atomic E-state index is 13.7. The van der Waals surface area contributed by atoms with Gasteiger partial charge in [0.15, 0.2) is 5.78 Å². The Hall–Kier alpha value is -4.23. The third-order valence-electron chi connectivity index (χ3n) is 6.75. The molecule has 192 valence electrons. The van der Waals surface area contributed by atoms with Crippen molar-refractivity contribution in [2.75, 3.05) is 7.11 Å². The lowest BCUT2D eigenvalue weighted by molar-refractivity contribution is 0.0966. The topological polar surface area (TPSA) is 70.3 Å². The number of thiophene rings is 1. The zero-order valence-corrected chi connectivity index (χ0v) is 22.4. The first-order chi connectivity index (χ1) is 18.4. The summed E-state index contributed by atoms with van der Waals surface area (Å²) in [6, 6.07) is 25.0. The SMILES string of the molecule is CCc1cc2c(=O)n(CC(=O)c3ccccc3OC)c(=O)n(Cc3ccc(-c4ccccc4C)cc3)c2s1. The molecule has 0 N–H and O–H groups in total. The van der Waals surface area contributed by atoms with Crippen molar-refractivity contribution in [3.8, 4) is 16.9 Å². The second-order valence-electron chi connectivity index (χ2n) is 9.18. The van der Waals surface area contributed by atoms with Crippen molar-refractivity contribution in [1.29, 1.82) is 0 Å². The van der Waals surface area contributed by atoms with Crippen LogP contribution in [-0.2, 0) is 19.5 Å². The molecular formula is C31H28N2O4S. The van der Waals surface area contributed by atoms with Crippen LogP contribution in [0.1, 0.15) is 33.3 Å². The van der Waals surface area contributed by atoms with E-state index >= 15 is 0 Å². The normalized spacial score (nSPS) is 11.1. The van der Waals surface area contributed by atoms with Crippen molar-refractivity contribution in [2.24, 2.45) is 0 Å². The molecule has 0 aliphatic rings. The first kappa shape index (κ1) is 25.4. The van der Waals surface area contributed by atoms with E-state index in [1.807, 2.05) is 49.4 Å². The van der Waals surface area contributed by atoms with E-state index < -0.39 is 11.2 Å². The molecule has 0 fully saturated rings. The molecular weight excluding hydrogens is 496 g/mol. The Balaban J connectivity index is 1.57. The minimum Gasteiger partial charge on any atom is -0.496 e. The van der Waals surface area contributed by atoms with Gasteiger partial charge in [0, 0.05) is 4.88 Å². The molecule has 0 bridgehead atoms. The van der Waals surface area contributed by atoms with Crippen LogP contribution in [-0.4, -0.2) is 22.0 Å². The Morgan fingerprint density at radius 3 is 2.34 bits per heavy atom. The number of para-hydroxylation sites is 1. The average molecular weight is 525 g/mol. The molecule has 3 aromatic carbocycles. The first-order valence-electron chi connectivity index (χ1n) is 12.5. The third-order valence-corrected chi connectivity index (χ3v) is 8.06. The predicted molar refractivity (Wildman–Crippen MR) is 153 cm³/mol. The van der Waals surface area contributed by atoms with Crippen LogP contribution in [0.2, 0.25) is 0 Å². The highest BCUT2D eigenvalue weighted by Crippen LogP contribution is 2.26. The summed E-state index contributed by atoms with van der Waals surface area (Å²) < 4.78 is 7.97. The van der Waals surface area contributed by atoms with E-state index in [1.165, 1.54) is 24.0 Å². The fourth-order valence-corrected chi connectivity index (χ4v) is 5.75. The van der Waals surface area contributed by atoms with Crippen LogP contribution in [0.25, 0.3) is 21.3 Å². The van der Waals surface area contributed by atoms with E-state index in [0.29, 0.717) is 21.5 Å². The molecule has 6 nitrogen and oxygen atoms in total. The number of Topliss-reactive ketones (excluding diaryl/α,β-unsaturated/α-hetero) is 1. The number of hydrogen-bond donors (Lipinski definition) is 0. The van der Waals surface area contributed by atoms with Gasteiger partial charge >= 0.3 is 5.69 Å². The summed E-state index contributed by atoms with van der Waals surface area (Å²) in [5, 5.41) is 0.454. The molecule has 0 amide bonds. The summed E-state index contributed by atoms with van der Waals surface area (Å²) in [7, 11) is 1.49. The maximum Gasteiger partial charge on any atom is 0.332 e. The number of rotatable bonds is 8. The number of nitrogens with zero attached hydrogens (tertiary/aromatic N) is 2. The Bertz CT molecular complexity index is 1760. The van der Waals surface area contributed by atoms with Crippen molar-refractivity contribution in [3.63, 3.8) is 0 Å². The number of carbonyl (C=O) groups excluding carboxylic acids is 1. The molecule has 7 heteroatoms. The van der Waals surface area contributed by atoms with Gasteiger partial charge in [0.25, 0.3) is 5.56 Å². The highest BCUT2D eigenvalue weighted by Gasteiger charge is 2.20. The summed E-state index contributed by atoms with van der Waals surface area (Å²) in [6.07, 6.45) is 0.748. The van der Waals surface area contributed by atoms with Crippen LogP contribution in [0.4, 0.5) is 0 Å². The minimum absolute atomic E-state index is 0.288. The van der Waals surface area contributed by atoms with Crippen LogP contribution < -0.4 is 16.0 Å². The van der Waals surface area contributed by atoms with Gasteiger partial charge in [-0.3, -0.25) is 18.7 Å². The highest BCUT2D eigenvalue weighted by molar-refractivity contribution is 7.18. The first-order valence-corrected chi connectivity index (χ1v) is 13.3. The molecule has 0 atom stereocenters. The number of ether oxygens (including phenoxy) is 1. The van der Waals surface area contributed by atoms with Crippen LogP contribution in [0.5, 0.6) is 5.75 Å². The van der Waals surface area contributed by atoms with E-state index in [1.54, 1.807) is 28.8 Å². The molecule has 5 rings (SSSR count). The van der Waals surface area contributed by atoms with Crippen LogP contribution in [0.15, 0.2) is 88.5 Å². The number of carbonyl (C=O) groups is 1. The molecule has 5 aromatic rings.